The number of piperidine rings is 1. The van der Waals surface area contributed by atoms with E-state index in [2.05, 4.69) is 5.32 Å². The predicted molar refractivity (Wildman–Crippen MR) is 68.9 cm³/mol. The molecule has 0 aliphatic carbocycles. The molecule has 1 aromatic rings. The zero-order chi connectivity index (χ0) is 12.4. The van der Waals surface area contributed by atoms with Crippen molar-refractivity contribution in [2.24, 2.45) is 5.92 Å². The molecule has 2 saturated heterocycles. The largest absolute Gasteiger partial charge is 0.461 e. The van der Waals surface area contributed by atoms with Gasteiger partial charge < -0.3 is 10.1 Å². The SMILES string of the molecule is O=C(OCc1ccccc1)C1C[C@H]2CC[C@@H](C1)N2. The Morgan fingerprint density at radius 3 is 2.50 bits per heavy atom. The molecule has 2 heterocycles. The first-order valence-electron chi connectivity index (χ1n) is 6.78. The summed E-state index contributed by atoms with van der Waals surface area (Å²) in [4.78, 5) is 12.0. The van der Waals surface area contributed by atoms with E-state index < -0.39 is 0 Å². The normalized spacial score (nSPS) is 30.1. The lowest BCUT2D eigenvalue weighted by Crippen LogP contribution is -2.41. The van der Waals surface area contributed by atoms with Crippen LogP contribution in [0.4, 0.5) is 0 Å². The fourth-order valence-electron chi connectivity index (χ4n) is 3.10. The van der Waals surface area contributed by atoms with Crippen LogP contribution in [0.5, 0.6) is 0 Å². The van der Waals surface area contributed by atoms with Crippen molar-refractivity contribution in [2.45, 2.75) is 44.4 Å². The lowest BCUT2D eigenvalue weighted by molar-refractivity contribution is -0.151. The summed E-state index contributed by atoms with van der Waals surface area (Å²) in [5, 5.41) is 3.54. The number of carbonyl (C=O) groups is 1. The minimum atomic E-state index is -0.0164. The summed E-state index contributed by atoms with van der Waals surface area (Å²) in [6.07, 6.45) is 4.33. The van der Waals surface area contributed by atoms with Crippen LogP contribution in [0.2, 0.25) is 0 Å². The quantitative estimate of drug-likeness (QED) is 0.830. The Morgan fingerprint density at radius 2 is 1.83 bits per heavy atom. The number of rotatable bonds is 3. The minimum Gasteiger partial charge on any atom is -0.461 e. The Bertz CT molecular complexity index is 406. The Balaban J connectivity index is 1.53. The molecule has 2 aliphatic rings. The van der Waals surface area contributed by atoms with Gasteiger partial charge in [-0.1, -0.05) is 30.3 Å². The molecular formula is C15H19NO2. The second-order valence-corrected chi connectivity index (χ2v) is 5.40. The molecule has 2 fully saturated rings. The van der Waals surface area contributed by atoms with Crippen molar-refractivity contribution in [3.05, 3.63) is 35.9 Å². The third-order valence-corrected chi connectivity index (χ3v) is 4.03. The van der Waals surface area contributed by atoms with Crippen molar-refractivity contribution in [1.29, 1.82) is 0 Å². The van der Waals surface area contributed by atoms with Gasteiger partial charge in [0.15, 0.2) is 0 Å². The summed E-state index contributed by atoms with van der Waals surface area (Å²) < 4.78 is 5.43. The van der Waals surface area contributed by atoms with E-state index in [1.165, 1.54) is 12.8 Å². The van der Waals surface area contributed by atoms with Gasteiger partial charge in [0.2, 0.25) is 0 Å². The third-order valence-electron chi connectivity index (χ3n) is 4.03. The lowest BCUT2D eigenvalue weighted by atomic mass is 9.93. The van der Waals surface area contributed by atoms with Crippen LogP contribution in [0, 0.1) is 5.92 Å². The van der Waals surface area contributed by atoms with Crippen LogP contribution in [-0.4, -0.2) is 18.1 Å². The van der Waals surface area contributed by atoms with Crippen LogP contribution >= 0.6 is 0 Å². The molecule has 3 nitrogen and oxygen atoms in total. The molecule has 1 aromatic carbocycles. The maximum atomic E-state index is 12.0. The van der Waals surface area contributed by atoms with E-state index in [0.29, 0.717) is 18.7 Å². The zero-order valence-corrected chi connectivity index (χ0v) is 10.5. The van der Waals surface area contributed by atoms with E-state index >= 15 is 0 Å². The fourth-order valence-corrected chi connectivity index (χ4v) is 3.10. The summed E-state index contributed by atoms with van der Waals surface area (Å²) in [7, 11) is 0. The average molecular weight is 245 g/mol. The van der Waals surface area contributed by atoms with E-state index in [1.54, 1.807) is 0 Å². The standard InChI is InChI=1S/C15H19NO2/c17-15(18-10-11-4-2-1-3-5-11)12-8-13-6-7-14(9-12)16-13/h1-5,12-14,16H,6-10H2/t12?,13-,14+. The highest BCUT2D eigenvalue weighted by Gasteiger charge is 2.37. The molecule has 1 unspecified atom stereocenters. The van der Waals surface area contributed by atoms with Crippen LogP contribution < -0.4 is 5.32 Å². The molecule has 18 heavy (non-hydrogen) atoms. The van der Waals surface area contributed by atoms with E-state index in [9.17, 15) is 4.79 Å². The Labute approximate surface area is 108 Å². The van der Waals surface area contributed by atoms with E-state index in [1.807, 2.05) is 30.3 Å². The first-order chi connectivity index (χ1) is 8.81. The van der Waals surface area contributed by atoms with Gasteiger partial charge in [0.05, 0.1) is 5.92 Å². The topological polar surface area (TPSA) is 38.3 Å². The summed E-state index contributed by atoms with van der Waals surface area (Å²) in [5.41, 5.74) is 1.06. The maximum absolute atomic E-state index is 12.0. The van der Waals surface area contributed by atoms with Crippen LogP contribution in [0.15, 0.2) is 30.3 Å². The number of carbonyl (C=O) groups excluding carboxylic acids is 1. The molecule has 2 aliphatic heterocycles. The van der Waals surface area contributed by atoms with Crippen molar-refractivity contribution >= 4 is 5.97 Å². The second-order valence-electron chi connectivity index (χ2n) is 5.40. The van der Waals surface area contributed by atoms with Crippen molar-refractivity contribution < 1.29 is 9.53 Å². The van der Waals surface area contributed by atoms with Crippen molar-refractivity contribution in [1.82, 2.24) is 5.32 Å². The molecule has 96 valence electrons. The van der Waals surface area contributed by atoms with Gasteiger partial charge in [0, 0.05) is 12.1 Å². The monoisotopic (exact) mass is 245 g/mol. The highest BCUT2D eigenvalue weighted by molar-refractivity contribution is 5.72. The molecule has 0 radical (unpaired) electrons. The number of nitrogens with one attached hydrogen (secondary N) is 1. The van der Waals surface area contributed by atoms with Gasteiger partial charge in [-0.15, -0.1) is 0 Å². The highest BCUT2D eigenvalue weighted by Crippen LogP contribution is 2.31. The molecular weight excluding hydrogens is 226 g/mol. The molecule has 3 heteroatoms. The number of hydrogen-bond acceptors (Lipinski definition) is 3. The first kappa shape index (κ1) is 11.7. The van der Waals surface area contributed by atoms with Crippen molar-refractivity contribution in [3.63, 3.8) is 0 Å². The smallest absolute Gasteiger partial charge is 0.309 e. The molecule has 0 aromatic heterocycles. The maximum Gasteiger partial charge on any atom is 0.309 e. The molecule has 3 atom stereocenters. The van der Waals surface area contributed by atoms with E-state index in [4.69, 9.17) is 4.74 Å². The van der Waals surface area contributed by atoms with Gasteiger partial charge in [-0.2, -0.15) is 0 Å². The molecule has 2 bridgehead atoms. The van der Waals surface area contributed by atoms with Crippen LogP contribution in [0.3, 0.4) is 0 Å². The zero-order valence-electron chi connectivity index (χ0n) is 10.5. The third kappa shape index (κ3) is 2.56. The average Bonchev–Trinajstić information content (AvgIpc) is 2.76. The lowest BCUT2D eigenvalue weighted by Gasteiger charge is -2.27. The summed E-state index contributed by atoms with van der Waals surface area (Å²) in [6.45, 7) is 0.402. The number of hydrogen-bond donors (Lipinski definition) is 1. The van der Waals surface area contributed by atoms with Crippen LogP contribution in [0.25, 0.3) is 0 Å². The van der Waals surface area contributed by atoms with Crippen molar-refractivity contribution in [3.8, 4) is 0 Å². The summed E-state index contributed by atoms with van der Waals surface area (Å²) >= 11 is 0. The van der Waals surface area contributed by atoms with Gasteiger partial charge in [-0.3, -0.25) is 4.79 Å². The Morgan fingerprint density at radius 1 is 1.17 bits per heavy atom. The van der Waals surface area contributed by atoms with Crippen LogP contribution in [0.1, 0.15) is 31.2 Å². The second kappa shape index (κ2) is 5.11. The molecule has 0 amide bonds. The number of benzene rings is 1. The molecule has 3 rings (SSSR count). The van der Waals surface area contributed by atoms with Gasteiger partial charge in [0.1, 0.15) is 6.61 Å². The number of ether oxygens (including phenoxy) is 1. The van der Waals surface area contributed by atoms with Gasteiger partial charge in [-0.25, -0.2) is 0 Å². The Kier molecular flexibility index (Phi) is 3.33. The fraction of sp³-hybridized carbons (Fsp3) is 0.533. The molecule has 1 N–H and O–H groups in total. The molecule has 0 saturated carbocycles. The predicted octanol–water partition coefficient (Wildman–Crippen LogP) is 2.26. The Hall–Kier alpha value is -1.35. The van der Waals surface area contributed by atoms with Gasteiger partial charge in [0.25, 0.3) is 0 Å². The van der Waals surface area contributed by atoms with Crippen molar-refractivity contribution in [2.75, 3.05) is 0 Å². The summed E-state index contributed by atoms with van der Waals surface area (Å²) in [5.74, 6) is 0.0877. The minimum absolute atomic E-state index is 0.0164. The highest BCUT2D eigenvalue weighted by atomic mass is 16.5. The number of fused-ring (bicyclic) bond motifs is 2. The van der Waals surface area contributed by atoms with Gasteiger partial charge in [-0.05, 0) is 31.2 Å². The van der Waals surface area contributed by atoms with E-state index in [0.717, 1.165) is 18.4 Å². The van der Waals surface area contributed by atoms with Crippen LogP contribution in [-0.2, 0) is 16.1 Å². The first-order valence-corrected chi connectivity index (χ1v) is 6.78. The summed E-state index contributed by atoms with van der Waals surface area (Å²) in [6, 6.07) is 11.0. The van der Waals surface area contributed by atoms with E-state index in [-0.39, 0.29) is 11.9 Å². The molecule has 0 spiro atoms. The van der Waals surface area contributed by atoms with Gasteiger partial charge >= 0.3 is 5.97 Å². The number of esters is 1.